The first-order valence-corrected chi connectivity index (χ1v) is 49.6. The summed E-state index contributed by atoms with van der Waals surface area (Å²) >= 11 is 0. The maximum absolute atomic E-state index is 9.86. The molecule has 27 rings (SSSR count). The highest BCUT2D eigenvalue weighted by molar-refractivity contribution is 5.98. The summed E-state index contributed by atoms with van der Waals surface area (Å²) in [6.07, 6.45) is 0. The number of ether oxygens (including phenoxy) is 1. The van der Waals surface area contributed by atoms with Gasteiger partial charge in [0.15, 0.2) is 17.5 Å². The zero-order valence-electron chi connectivity index (χ0n) is 80.2. The van der Waals surface area contributed by atoms with E-state index in [1.54, 1.807) is 0 Å². The van der Waals surface area contributed by atoms with E-state index in [-0.39, 0.29) is 0 Å². The average molecular weight is 1890 g/mol. The molecule has 0 N–H and O–H groups in total. The van der Waals surface area contributed by atoms with Crippen LogP contribution in [0.3, 0.4) is 0 Å². The maximum atomic E-state index is 9.86. The third kappa shape index (κ3) is 15.5. The Balaban J connectivity index is 0.000000116. The van der Waals surface area contributed by atoms with Crippen LogP contribution in [0.15, 0.2) is 528 Å². The summed E-state index contributed by atoms with van der Waals surface area (Å²) in [7, 11) is 0. The Morgan fingerprint density at radius 3 is 0.912 bits per heavy atom. The molecular weight excluding hydrogens is 1800 g/mol. The van der Waals surface area contributed by atoms with Gasteiger partial charge in [-0.05, 0) is 196 Å². The summed E-state index contributed by atoms with van der Waals surface area (Å²) in [6, 6.07) is 190. The minimum Gasteiger partial charge on any atom is -0.457 e. The number of para-hydroxylation sites is 2. The van der Waals surface area contributed by atoms with Gasteiger partial charge in [-0.2, -0.15) is 15.8 Å². The number of nitriles is 3. The number of nitrogens with zero attached hydrogens (tertiary/aromatic N) is 9. The van der Waals surface area contributed by atoms with E-state index in [0.29, 0.717) is 34.2 Å². The van der Waals surface area contributed by atoms with Crippen molar-refractivity contribution in [3.8, 4) is 187 Å². The molecule has 0 amide bonds. The third-order valence-corrected chi connectivity index (χ3v) is 29.2. The summed E-state index contributed by atoms with van der Waals surface area (Å²) in [6.45, 7) is 0. The van der Waals surface area contributed by atoms with E-state index in [1.807, 2.05) is 170 Å². The van der Waals surface area contributed by atoms with Crippen LogP contribution in [0.2, 0.25) is 0 Å². The second-order valence-corrected chi connectivity index (χ2v) is 37.4. The van der Waals surface area contributed by atoms with Crippen molar-refractivity contribution >= 4 is 0 Å². The molecule has 0 atom stereocenters. The van der Waals surface area contributed by atoms with Gasteiger partial charge in [-0.3, -0.25) is 0 Å². The SMILES string of the molecule is N#Cc1ccc(-c2cc(-c3cccc(C4(c5ccccc5)c5ccccc5-c5ccccc54)c3)nc(-c3ccccc3)n2)cc1.N#Cc1cccc(-c2cccc(-c3cc(-c4cccc(C5(c6ccccc6)c6ccccc6-c6ccccc65)c4)nc(-c4ccccc4)n3)c2)c1.N#Cc1ccccc1-c1cccc(-c2cc(-c3cccc4c3-c3ccccc3C43c4ccccc4Oc4ccccc43)nc(-c3ccccc3)n2)c1. The highest BCUT2D eigenvalue weighted by Crippen LogP contribution is 2.65. The summed E-state index contributed by atoms with van der Waals surface area (Å²) in [5.41, 5.74) is 39.9. The van der Waals surface area contributed by atoms with Gasteiger partial charge in [-0.1, -0.05) is 443 Å². The lowest BCUT2D eigenvalue weighted by Gasteiger charge is -2.39. The van der Waals surface area contributed by atoms with E-state index in [1.165, 1.54) is 83.5 Å². The Bertz CT molecular complexity index is 9110. The standard InChI is InChI=1S/C48H29N3O.C48H31N3.C42H27N3/c49-30-34-16-4-5-19-35(34)32-17-12-18-33(28-32)42-29-43(51-47(50-42)31-14-2-1-3-15-31)37-21-13-25-41-46(37)36-20-6-7-22-38(36)48(41)39-23-8-10-26-44(39)52-45-27-11-9-24-40(45)48;49-32-33-14-11-17-35(28-33)36-18-12-19-37(29-36)45-31-46(51-47(50-45)34-15-3-1-4-16-34)38-20-13-23-40(30-38)48(39-21-5-2-6-22-39)43-26-9-7-24-41(43)42-25-8-10-27-44(42)48;43-28-29-22-24-30(25-23-29)39-27-40(45-41(44-39)31-12-3-1-4-13-31)32-14-11-17-34(26-32)42(33-15-5-2-6-16-33)37-20-9-7-18-35(37)36-19-8-10-21-38(36)42/h1-29H;1-31H;1-27H. The van der Waals surface area contributed by atoms with Gasteiger partial charge in [0.1, 0.15) is 11.5 Å². The number of benzene rings is 20. The molecule has 0 unspecified atom stereocenters. The molecule has 0 fully saturated rings. The fourth-order valence-electron chi connectivity index (χ4n) is 22.8. The molecule has 3 aliphatic carbocycles. The summed E-state index contributed by atoms with van der Waals surface area (Å²) in [4.78, 5) is 30.9. The predicted molar refractivity (Wildman–Crippen MR) is 592 cm³/mol. The fraction of sp³-hybridized carbons (Fsp3) is 0.0217. The second-order valence-electron chi connectivity index (χ2n) is 37.4. The van der Waals surface area contributed by atoms with Crippen molar-refractivity contribution in [1.29, 1.82) is 15.8 Å². The topological polar surface area (TPSA) is 158 Å². The van der Waals surface area contributed by atoms with Crippen molar-refractivity contribution in [2.75, 3.05) is 0 Å². The number of hydrogen-bond donors (Lipinski definition) is 0. The van der Waals surface area contributed by atoms with E-state index in [4.69, 9.17) is 34.6 Å². The molecule has 148 heavy (non-hydrogen) atoms. The van der Waals surface area contributed by atoms with Gasteiger partial charge in [0.05, 0.1) is 85.3 Å². The zero-order chi connectivity index (χ0) is 99.1. The molecule has 10 nitrogen and oxygen atoms in total. The number of fused-ring (bicyclic) bond motifs is 15. The number of hydrogen-bond acceptors (Lipinski definition) is 10. The Morgan fingerprint density at radius 1 is 0.169 bits per heavy atom. The molecule has 23 aromatic rings. The molecule has 20 aromatic carbocycles. The smallest absolute Gasteiger partial charge is 0.160 e. The molecule has 4 heterocycles. The minimum absolute atomic E-state index is 0.490. The largest absolute Gasteiger partial charge is 0.457 e. The van der Waals surface area contributed by atoms with Crippen LogP contribution in [-0.4, -0.2) is 29.9 Å². The predicted octanol–water partition coefficient (Wildman–Crippen LogP) is 32.6. The lowest BCUT2D eigenvalue weighted by atomic mass is 9.66. The molecule has 3 aromatic heterocycles. The first-order chi connectivity index (χ1) is 73.2. The van der Waals surface area contributed by atoms with Gasteiger partial charge < -0.3 is 4.74 Å². The Kier molecular flexibility index (Phi) is 23.0. The fourth-order valence-corrected chi connectivity index (χ4v) is 22.8. The zero-order valence-corrected chi connectivity index (χ0v) is 80.2. The van der Waals surface area contributed by atoms with Crippen LogP contribution in [0.1, 0.15) is 83.5 Å². The first-order valence-electron chi connectivity index (χ1n) is 49.6. The lowest BCUT2D eigenvalue weighted by Crippen LogP contribution is -2.32. The first kappa shape index (κ1) is 89.3. The minimum atomic E-state index is -0.575. The van der Waals surface area contributed by atoms with Crippen LogP contribution in [0, 0.1) is 34.0 Å². The summed E-state index contributed by atoms with van der Waals surface area (Å²) in [5.74, 6) is 3.70. The summed E-state index contributed by atoms with van der Waals surface area (Å²) < 4.78 is 6.56. The lowest BCUT2D eigenvalue weighted by molar-refractivity contribution is 0.436. The monoisotopic (exact) mass is 1890 g/mol. The summed E-state index contributed by atoms with van der Waals surface area (Å²) in [5, 5.41) is 28.7. The van der Waals surface area contributed by atoms with Gasteiger partial charge >= 0.3 is 0 Å². The van der Waals surface area contributed by atoms with E-state index < -0.39 is 16.2 Å². The average Bonchev–Trinajstić information content (AvgIpc) is 1.52. The van der Waals surface area contributed by atoms with E-state index >= 15 is 0 Å². The van der Waals surface area contributed by atoms with Crippen LogP contribution in [0.25, 0.3) is 157 Å². The van der Waals surface area contributed by atoms with Gasteiger partial charge in [-0.25, -0.2) is 29.9 Å². The van der Waals surface area contributed by atoms with Gasteiger partial charge in [0.25, 0.3) is 0 Å². The van der Waals surface area contributed by atoms with Gasteiger partial charge in [0, 0.05) is 61.2 Å². The van der Waals surface area contributed by atoms with Crippen molar-refractivity contribution in [2.24, 2.45) is 0 Å². The Morgan fingerprint density at radius 2 is 0.466 bits per heavy atom. The normalized spacial score (nSPS) is 12.7. The molecule has 0 saturated carbocycles. The molecule has 10 heteroatoms. The molecule has 0 saturated heterocycles. The molecule has 1 aliphatic heterocycles. The second kappa shape index (κ2) is 38.1. The van der Waals surface area contributed by atoms with Crippen molar-refractivity contribution in [1.82, 2.24) is 29.9 Å². The molecule has 690 valence electrons. The quantitative estimate of drug-likeness (QED) is 0.0967. The molecule has 1 spiro atoms. The Labute approximate surface area is 858 Å². The van der Waals surface area contributed by atoms with Crippen molar-refractivity contribution in [3.05, 3.63) is 611 Å². The molecule has 4 aliphatic rings. The van der Waals surface area contributed by atoms with E-state index in [9.17, 15) is 15.8 Å². The van der Waals surface area contributed by atoms with Gasteiger partial charge in [0.2, 0.25) is 0 Å². The van der Waals surface area contributed by atoms with Crippen LogP contribution in [-0.2, 0) is 16.2 Å². The van der Waals surface area contributed by atoms with Crippen LogP contribution in [0.5, 0.6) is 11.5 Å². The van der Waals surface area contributed by atoms with Crippen LogP contribution in [0.4, 0.5) is 0 Å². The third-order valence-electron chi connectivity index (χ3n) is 29.2. The number of rotatable bonds is 15. The van der Waals surface area contributed by atoms with E-state index in [2.05, 4.69) is 376 Å². The maximum Gasteiger partial charge on any atom is 0.160 e. The molecule has 0 bridgehead atoms. The van der Waals surface area contributed by atoms with Crippen molar-refractivity contribution < 1.29 is 4.74 Å². The highest BCUT2D eigenvalue weighted by atomic mass is 16.5. The van der Waals surface area contributed by atoms with Gasteiger partial charge in [-0.15, -0.1) is 0 Å². The van der Waals surface area contributed by atoms with Crippen LogP contribution < -0.4 is 4.74 Å². The highest BCUT2D eigenvalue weighted by Gasteiger charge is 2.53. The van der Waals surface area contributed by atoms with Crippen molar-refractivity contribution in [3.63, 3.8) is 0 Å². The van der Waals surface area contributed by atoms with Crippen molar-refractivity contribution in [2.45, 2.75) is 16.2 Å². The Hall–Kier alpha value is -20.1. The van der Waals surface area contributed by atoms with Crippen LogP contribution >= 0.6 is 0 Å². The molecular formula is C138H87N9O. The van der Waals surface area contributed by atoms with E-state index in [0.717, 1.165) is 135 Å². The molecule has 0 radical (unpaired) electrons. The number of aromatic nitrogens is 6.